The molecule has 7 nitrogen and oxygen atoms in total. The van der Waals surface area contributed by atoms with E-state index in [-0.39, 0.29) is 22.6 Å². The summed E-state index contributed by atoms with van der Waals surface area (Å²) in [7, 11) is 1.31. The van der Waals surface area contributed by atoms with Gasteiger partial charge in [0.05, 0.1) is 12.7 Å². The Morgan fingerprint density at radius 2 is 1.96 bits per heavy atom. The second kappa shape index (κ2) is 8.84. The molecule has 0 aliphatic rings. The largest absolute Gasteiger partial charge is 0.493 e. The highest BCUT2D eigenvalue weighted by molar-refractivity contribution is 5.98. The quantitative estimate of drug-likeness (QED) is 0.594. The highest BCUT2D eigenvalue weighted by Crippen LogP contribution is 2.33. The summed E-state index contributed by atoms with van der Waals surface area (Å²) in [6.45, 7) is 0.262. The molecule has 0 bridgehead atoms. The van der Waals surface area contributed by atoms with Crippen molar-refractivity contribution in [1.82, 2.24) is 10.9 Å². The maximum atomic E-state index is 12.6. The van der Waals surface area contributed by atoms with Gasteiger partial charge in [0.2, 0.25) is 0 Å². The van der Waals surface area contributed by atoms with Crippen LogP contribution in [0.3, 0.4) is 0 Å². The summed E-state index contributed by atoms with van der Waals surface area (Å²) in [4.78, 5) is 23.9. The summed E-state index contributed by atoms with van der Waals surface area (Å²) in [5, 5.41) is 0. The third-order valence-corrected chi connectivity index (χ3v) is 3.44. The Kier molecular flexibility index (Phi) is 6.53. The van der Waals surface area contributed by atoms with Crippen LogP contribution >= 0.6 is 0 Å². The van der Waals surface area contributed by atoms with Crippen molar-refractivity contribution in [3.8, 4) is 11.5 Å². The van der Waals surface area contributed by atoms with Gasteiger partial charge < -0.3 is 13.9 Å². The molecule has 0 unspecified atom stereocenters. The molecule has 2 rings (SSSR count). The topological polar surface area (TPSA) is 89.8 Å². The van der Waals surface area contributed by atoms with E-state index in [1.807, 2.05) is 0 Å². The standard InChI is InChI=1S/C18H18F2N2O5/c1-10-9-13(11(2)26-10)17(24)22-21-15(23)8-7-12-5-4-6-14(25-3)16(12)27-18(19)20/h4-9,18H,1-3H3,(H,21,23)(H,22,24)/b8-7+. The number of carbonyl (C=O) groups is 2. The van der Waals surface area contributed by atoms with Crippen LogP contribution in [-0.2, 0) is 4.79 Å². The number of furan rings is 1. The number of hydrogen-bond donors (Lipinski definition) is 2. The Morgan fingerprint density at radius 1 is 1.22 bits per heavy atom. The summed E-state index contributed by atoms with van der Waals surface area (Å²) >= 11 is 0. The summed E-state index contributed by atoms with van der Waals surface area (Å²) < 4.78 is 39.8. The third-order valence-electron chi connectivity index (χ3n) is 3.44. The Morgan fingerprint density at radius 3 is 2.56 bits per heavy atom. The SMILES string of the molecule is COc1cccc(/C=C/C(=O)NNC(=O)c2cc(C)oc2C)c1OC(F)F. The molecule has 1 aromatic heterocycles. The molecule has 2 aromatic rings. The number of para-hydroxylation sites is 1. The summed E-state index contributed by atoms with van der Waals surface area (Å²) in [5.41, 5.74) is 4.92. The van der Waals surface area contributed by atoms with Crippen LogP contribution < -0.4 is 20.3 Å². The fraction of sp³-hybridized carbons (Fsp3) is 0.222. The second-order valence-corrected chi connectivity index (χ2v) is 5.36. The molecule has 1 heterocycles. The minimum Gasteiger partial charge on any atom is -0.493 e. The van der Waals surface area contributed by atoms with E-state index in [1.54, 1.807) is 19.9 Å². The van der Waals surface area contributed by atoms with Crippen LogP contribution in [0.2, 0.25) is 0 Å². The molecule has 9 heteroatoms. The molecule has 144 valence electrons. The fourth-order valence-electron chi connectivity index (χ4n) is 2.29. The summed E-state index contributed by atoms with van der Waals surface area (Å²) in [5.74, 6) is -0.348. The maximum absolute atomic E-state index is 12.6. The Hall–Kier alpha value is -3.36. The van der Waals surface area contributed by atoms with Gasteiger partial charge in [-0.2, -0.15) is 8.78 Å². The monoisotopic (exact) mass is 380 g/mol. The first-order valence-electron chi connectivity index (χ1n) is 7.79. The summed E-state index contributed by atoms with van der Waals surface area (Å²) in [6.07, 6.45) is 2.32. The molecular weight excluding hydrogens is 362 g/mol. The number of benzene rings is 1. The number of nitrogens with one attached hydrogen (secondary N) is 2. The van der Waals surface area contributed by atoms with Gasteiger partial charge in [0.1, 0.15) is 11.5 Å². The molecule has 2 amide bonds. The van der Waals surface area contributed by atoms with Crippen molar-refractivity contribution in [1.29, 1.82) is 0 Å². The Balaban J connectivity index is 2.04. The molecule has 0 fully saturated rings. The number of ether oxygens (including phenoxy) is 2. The van der Waals surface area contributed by atoms with E-state index in [4.69, 9.17) is 9.15 Å². The lowest BCUT2D eigenvalue weighted by Crippen LogP contribution is -2.40. The van der Waals surface area contributed by atoms with Crippen LogP contribution in [-0.4, -0.2) is 25.5 Å². The number of hydrazine groups is 1. The lowest BCUT2D eigenvalue weighted by atomic mass is 10.1. The Bertz CT molecular complexity index is 861. The van der Waals surface area contributed by atoms with E-state index in [0.717, 1.165) is 6.08 Å². The van der Waals surface area contributed by atoms with Crippen LogP contribution in [0.15, 0.2) is 34.8 Å². The molecule has 2 N–H and O–H groups in total. The van der Waals surface area contributed by atoms with Gasteiger partial charge in [0, 0.05) is 11.6 Å². The van der Waals surface area contributed by atoms with Gasteiger partial charge in [-0.3, -0.25) is 20.4 Å². The fourth-order valence-corrected chi connectivity index (χ4v) is 2.29. The van der Waals surface area contributed by atoms with E-state index in [0.29, 0.717) is 11.5 Å². The smallest absolute Gasteiger partial charge is 0.387 e. The van der Waals surface area contributed by atoms with E-state index in [1.165, 1.54) is 31.4 Å². The van der Waals surface area contributed by atoms with Gasteiger partial charge in [-0.15, -0.1) is 0 Å². The molecule has 0 radical (unpaired) electrons. The Labute approximate surface area is 153 Å². The van der Waals surface area contributed by atoms with Crippen molar-refractivity contribution in [2.24, 2.45) is 0 Å². The van der Waals surface area contributed by atoms with Crippen LogP contribution in [0.5, 0.6) is 11.5 Å². The zero-order valence-corrected chi connectivity index (χ0v) is 14.8. The first kappa shape index (κ1) is 20.0. The van der Waals surface area contributed by atoms with Crippen LogP contribution in [0.1, 0.15) is 27.4 Å². The van der Waals surface area contributed by atoms with Crippen molar-refractivity contribution < 1.29 is 32.3 Å². The molecule has 0 atom stereocenters. The van der Waals surface area contributed by atoms with Crippen molar-refractivity contribution in [2.45, 2.75) is 20.5 Å². The van der Waals surface area contributed by atoms with Crippen LogP contribution in [0, 0.1) is 13.8 Å². The lowest BCUT2D eigenvalue weighted by Gasteiger charge is -2.12. The van der Waals surface area contributed by atoms with Crippen molar-refractivity contribution in [2.75, 3.05) is 7.11 Å². The minimum atomic E-state index is -3.05. The number of aryl methyl sites for hydroxylation is 2. The molecule has 0 spiro atoms. The van der Waals surface area contributed by atoms with Crippen molar-refractivity contribution >= 4 is 17.9 Å². The van der Waals surface area contributed by atoms with E-state index in [2.05, 4.69) is 15.6 Å². The van der Waals surface area contributed by atoms with E-state index < -0.39 is 18.4 Å². The zero-order valence-electron chi connectivity index (χ0n) is 14.8. The first-order chi connectivity index (χ1) is 12.8. The van der Waals surface area contributed by atoms with Gasteiger partial charge in [0.15, 0.2) is 11.5 Å². The molecular formula is C18H18F2N2O5. The lowest BCUT2D eigenvalue weighted by molar-refractivity contribution is -0.117. The predicted molar refractivity (Wildman–Crippen MR) is 92.5 cm³/mol. The minimum absolute atomic E-state index is 0.0944. The number of amides is 2. The predicted octanol–water partition coefficient (Wildman–Crippen LogP) is 2.98. The summed E-state index contributed by atoms with van der Waals surface area (Å²) in [6, 6.07) is 6.02. The van der Waals surface area contributed by atoms with Gasteiger partial charge in [-0.05, 0) is 32.1 Å². The number of alkyl halides is 2. The van der Waals surface area contributed by atoms with E-state index >= 15 is 0 Å². The average molecular weight is 380 g/mol. The molecule has 1 aromatic carbocycles. The third kappa shape index (κ3) is 5.30. The van der Waals surface area contributed by atoms with Gasteiger partial charge in [-0.25, -0.2) is 0 Å². The second-order valence-electron chi connectivity index (χ2n) is 5.36. The van der Waals surface area contributed by atoms with Crippen LogP contribution in [0.4, 0.5) is 8.78 Å². The highest BCUT2D eigenvalue weighted by atomic mass is 19.3. The number of rotatable bonds is 6. The van der Waals surface area contributed by atoms with Crippen LogP contribution in [0.25, 0.3) is 6.08 Å². The average Bonchev–Trinajstić information content (AvgIpc) is 2.96. The van der Waals surface area contributed by atoms with Crippen molar-refractivity contribution in [3.05, 3.63) is 53.0 Å². The van der Waals surface area contributed by atoms with Gasteiger partial charge in [0.25, 0.3) is 11.8 Å². The van der Waals surface area contributed by atoms with Gasteiger partial charge >= 0.3 is 6.61 Å². The molecule has 27 heavy (non-hydrogen) atoms. The number of methoxy groups -OCH3 is 1. The van der Waals surface area contributed by atoms with Gasteiger partial charge in [-0.1, -0.05) is 12.1 Å². The number of hydrogen-bond acceptors (Lipinski definition) is 5. The first-order valence-corrected chi connectivity index (χ1v) is 7.79. The molecule has 0 saturated heterocycles. The molecule has 0 aliphatic carbocycles. The zero-order chi connectivity index (χ0) is 20.0. The number of halogens is 2. The van der Waals surface area contributed by atoms with Crippen molar-refractivity contribution in [3.63, 3.8) is 0 Å². The normalized spacial score (nSPS) is 10.9. The maximum Gasteiger partial charge on any atom is 0.387 e. The number of carbonyl (C=O) groups excluding carboxylic acids is 2. The molecule has 0 saturated carbocycles. The highest BCUT2D eigenvalue weighted by Gasteiger charge is 2.15. The molecule has 0 aliphatic heterocycles. The van der Waals surface area contributed by atoms with E-state index in [9.17, 15) is 18.4 Å².